The predicted octanol–water partition coefficient (Wildman–Crippen LogP) is 3.08. The van der Waals surface area contributed by atoms with Crippen LogP contribution in [0.25, 0.3) is 0 Å². The Morgan fingerprint density at radius 3 is 3.09 bits per heavy atom. The minimum absolute atomic E-state index is 0.0137. The molecule has 3 rings (SSSR count). The monoisotopic (exact) mass is 323 g/mol. The highest BCUT2D eigenvalue weighted by Gasteiger charge is 2.40. The zero-order chi connectivity index (χ0) is 15.4. The Morgan fingerprint density at radius 1 is 1.50 bits per heavy atom. The van der Waals surface area contributed by atoms with Crippen LogP contribution in [0.2, 0.25) is 0 Å². The molecule has 2 heterocycles. The van der Waals surface area contributed by atoms with Gasteiger partial charge in [-0.3, -0.25) is 4.79 Å². The number of carbonyl (C=O) groups excluding carboxylic acids is 1. The largest absolute Gasteiger partial charge is 0.385 e. The summed E-state index contributed by atoms with van der Waals surface area (Å²) in [4.78, 5) is 14.1. The Labute approximate surface area is 136 Å². The number of amides is 1. The highest BCUT2D eigenvalue weighted by molar-refractivity contribution is 7.10. The predicted molar refractivity (Wildman–Crippen MR) is 87.1 cm³/mol. The van der Waals surface area contributed by atoms with Crippen molar-refractivity contribution in [3.63, 3.8) is 0 Å². The second kappa shape index (κ2) is 7.11. The third-order valence-corrected chi connectivity index (χ3v) is 6.05. The molecule has 4 nitrogen and oxygen atoms in total. The first-order chi connectivity index (χ1) is 10.7. The van der Waals surface area contributed by atoms with Gasteiger partial charge in [0.25, 0.3) is 0 Å². The summed E-state index contributed by atoms with van der Waals surface area (Å²) in [5, 5.41) is 5.28. The molecule has 2 aliphatic rings. The summed E-state index contributed by atoms with van der Waals surface area (Å²) in [6, 6.07) is 2.13. The molecule has 0 saturated heterocycles. The molecule has 0 bridgehead atoms. The molecule has 1 aromatic rings. The number of fused-ring (bicyclic) bond motifs is 1. The smallest absolute Gasteiger partial charge is 0.226 e. The zero-order valence-electron chi connectivity index (χ0n) is 13.2. The maximum Gasteiger partial charge on any atom is 0.226 e. The van der Waals surface area contributed by atoms with Gasteiger partial charge in [-0.15, -0.1) is 11.3 Å². The molecule has 1 fully saturated rings. The second-order valence-electron chi connectivity index (χ2n) is 6.35. The van der Waals surface area contributed by atoms with E-state index in [1.54, 1.807) is 18.4 Å². The summed E-state index contributed by atoms with van der Waals surface area (Å²) in [5.41, 5.74) is 1.04. The van der Waals surface area contributed by atoms with E-state index < -0.39 is 0 Å². The van der Waals surface area contributed by atoms with E-state index in [4.69, 9.17) is 9.47 Å². The Hall–Kier alpha value is -0.910. The molecule has 5 heteroatoms. The number of rotatable bonds is 6. The molecular formula is C17H25NO3S. The second-order valence-corrected chi connectivity index (χ2v) is 7.35. The molecule has 1 aromatic heterocycles. The van der Waals surface area contributed by atoms with Gasteiger partial charge < -0.3 is 14.8 Å². The standard InChI is InChI=1S/C17H25NO3S/c1-20-10-8-17(6-2-3-7-17)16(19)18-12-14-13-5-11-22-15(13)4-9-21-14/h5,11,14H,2-4,6-10,12H2,1H3,(H,18,19). The Morgan fingerprint density at radius 2 is 2.32 bits per heavy atom. The van der Waals surface area contributed by atoms with Crippen molar-refractivity contribution < 1.29 is 14.3 Å². The SMILES string of the molecule is COCCC1(C(=O)NCC2OCCc3sccc32)CCCC1. The van der Waals surface area contributed by atoms with E-state index in [0.717, 1.165) is 45.1 Å². The van der Waals surface area contributed by atoms with E-state index in [-0.39, 0.29) is 17.4 Å². The van der Waals surface area contributed by atoms with Crippen LogP contribution in [0.3, 0.4) is 0 Å². The summed E-state index contributed by atoms with van der Waals surface area (Å²) in [5.74, 6) is 0.188. The summed E-state index contributed by atoms with van der Waals surface area (Å²) < 4.78 is 11.1. The van der Waals surface area contributed by atoms with Gasteiger partial charge in [0.05, 0.1) is 12.0 Å². The Balaban J connectivity index is 1.60. The number of hydrogen-bond donors (Lipinski definition) is 1. The van der Waals surface area contributed by atoms with Crippen LogP contribution in [-0.4, -0.2) is 32.8 Å². The van der Waals surface area contributed by atoms with Gasteiger partial charge in [-0.05, 0) is 36.3 Å². The summed E-state index contributed by atoms with van der Waals surface area (Å²) in [6.07, 6.45) is 6.09. The first-order valence-electron chi connectivity index (χ1n) is 8.20. The minimum atomic E-state index is -0.220. The molecule has 0 radical (unpaired) electrons. The molecule has 1 saturated carbocycles. The molecule has 1 N–H and O–H groups in total. The molecule has 0 spiro atoms. The number of carbonyl (C=O) groups is 1. The number of hydrogen-bond acceptors (Lipinski definition) is 4. The van der Waals surface area contributed by atoms with Crippen molar-refractivity contribution in [2.45, 2.75) is 44.6 Å². The lowest BCUT2D eigenvalue weighted by Crippen LogP contribution is -2.42. The van der Waals surface area contributed by atoms with Crippen molar-refractivity contribution in [1.82, 2.24) is 5.32 Å². The average Bonchev–Trinajstić information content (AvgIpc) is 3.20. The first-order valence-corrected chi connectivity index (χ1v) is 9.08. The van der Waals surface area contributed by atoms with Crippen molar-refractivity contribution in [2.24, 2.45) is 5.41 Å². The van der Waals surface area contributed by atoms with Crippen LogP contribution in [0.1, 0.15) is 48.6 Å². The van der Waals surface area contributed by atoms with Crippen molar-refractivity contribution in [2.75, 3.05) is 26.9 Å². The van der Waals surface area contributed by atoms with E-state index in [1.807, 2.05) is 0 Å². The van der Waals surface area contributed by atoms with Crippen LogP contribution >= 0.6 is 11.3 Å². The van der Waals surface area contributed by atoms with Gasteiger partial charge >= 0.3 is 0 Å². The van der Waals surface area contributed by atoms with Crippen molar-refractivity contribution in [1.29, 1.82) is 0 Å². The van der Waals surface area contributed by atoms with Crippen LogP contribution in [0.5, 0.6) is 0 Å². The lowest BCUT2D eigenvalue weighted by atomic mass is 9.82. The van der Waals surface area contributed by atoms with Crippen LogP contribution in [-0.2, 0) is 20.7 Å². The van der Waals surface area contributed by atoms with Gasteiger partial charge in [-0.2, -0.15) is 0 Å². The fourth-order valence-electron chi connectivity index (χ4n) is 3.71. The van der Waals surface area contributed by atoms with E-state index in [1.165, 1.54) is 10.4 Å². The highest BCUT2D eigenvalue weighted by Crippen LogP contribution is 2.41. The summed E-state index contributed by atoms with van der Waals surface area (Å²) >= 11 is 1.79. The van der Waals surface area contributed by atoms with E-state index in [9.17, 15) is 4.79 Å². The number of ether oxygens (including phenoxy) is 2. The molecule has 1 atom stereocenters. The molecule has 1 aliphatic heterocycles. The Bertz CT molecular complexity index is 508. The molecule has 22 heavy (non-hydrogen) atoms. The molecule has 0 aromatic carbocycles. The number of nitrogens with one attached hydrogen (secondary N) is 1. The number of thiophene rings is 1. The lowest BCUT2D eigenvalue weighted by Gasteiger charge is -2.29. The van der Waals surface area contributed by atoms with Gasteiger partial charge in [0.1, 0.15) is 6.10 Å². The molecule has 1 unspecified atom stereocenters. The van der Waals surface area contributed by atoms with Crippen LogP contribution < -0.4 is 5.32 Å². The molecule has 122 valence electrons. The summed E-state index contributed by atoms with van der Waals surface area (Å²) in [7, 11) is 1.70. The van der Waals surface area contributed by atoms with Crippen molar-refractivity contribution in [3.05, 3.63) is 21.9 Å². The van der Waals surface area contributed by atoms with E-state index in [0.29, 0.717) is 13.2 Å². The van der Waals surface area contributed by atoms with Gasteiger partial charge in [0.2, 0.25) is 5.91 Å². The van der Waals surface area contributed by atoms with Gasteiger partial charge in [-0.25, -0.2) is 0 Å². The lowest BCUT2D eigenvalue weighted by molar-refractivity contribution is -0.132. The topological polar surface area (TPSA) is 47.6 Å². The van der Waals surface area contributed by atoms with Crippen LogP contribution in [0, 0.1) is 5.41 Å². The fourth-order valence-corrected chi connectivity index (χ4v) is 4.62. The minimum Gasteiger partial charge on any atom is -0.385 e. The maximum absolute atomic E-state index is 12.7. The van der Waals surface area contributed by atoms with Crippen LogP contribution in [0.15, 0.2) is 11.4 Å². The number of methoxy groups -OCH3 is 1. The van der Waals surface area contributed by atoms with E-state index >= 15 is 0 Å². The average molecular weight is 323 g/mol. The maximum atomic E-state index is 12.7. The fraction of sp³-hybridized carbons (Fsp3) is 0.706. The van der Waals surface area contributed by atoms with Gasteiger partial charge in [0, 0.05) is 31.6 Å². The van der Waals surface area contributed by atoms with Crippen LogP contribution in [0.4, 0.5) is 0 Å². The summed E-state index contributed by atoms with van der Waals surface area (Å²) in [6.45, 7) is 1.99. The van der Waals surface area contributed by atoms with Crippen molar-refractivity contribution in [3.8, 4) is 0 Å². The van der Waals surface area contributed by atoms with Crippen molar-refractivity contribution >= 4 is 17.2 Å². The van der Waals surface area contributed by atoms with Gasteiger partial charge in [-0.1, -0.05) is 12.8 Å². The van der Waals surface area contributed by atoms with E-state index in [2.05, 4.69) is 16.8 Å². The molecule has 1 aliphatic carbocycles. The normalized spacial score (nSPS) is 23.2. The third kappa shape index (κ3) is 3.21. The third-order valence-electron chi connectivity index (χ3n) is 5.05. The quantitative estimate of drug-likeness (QED) is 0.875. The highest BCUT2D eigenvalue weighted by atomic mass is 32.1. The van der Waals surface area contributed by atoms with Gasteiger partial charge in [0.15, 0.2) is 0 Å². The zero-order valence-corrected chi connectivity index (χ0v) is 14.0. The first kappa shape index (κ1) is 16.0. The molecule has 1 amide bonds. The Kier molecular flexibility index (Phi) is 5.16. The molecular weight excluding hydrogens is 298 g/mol.